The van der Waals surface area contributed by atoms with Crippen LogP contribution < -0.4 is 9.80 Å². The molecule has 3 heterocycles. The molecule has 1 saturated heterocycles. The number of ether oxygens (including phenoxy) is 1. The molecule has 5 rings (SSSR count). The van der Waals surface area contributed by atoms with Crippen molar-refractivity contribution >= 4 is 23.6 Å². The molecule has 188 valence electrons. The fraction of sp³-hybridized carbons (Fsp3) is 0.731. The van der Waals surface area contributed by atoms with Gasteiger partial charge in [-0.25, -0.2) is 14.8 Å². The van der Waals surface area contributed by atoms with Crippen LogP contribution in [0, 0.1) is 16.7 Å². The van der Waals surface area contributed by atoms with E-state index in [0.29, 0.717) is 19.6 Å². The fourth-order valence-electron chi connectivity index (χ4n) is 5.95. The number of hydrogen-bond donors (Lipinski definition) is 0. The third-order valence-corrected chi connectivity index (χ3v) is 8.22. The summed E-state index contributed by atoms with van der Waals surface area (Å²) in [6.07, 6.45) is 6.24. The number of fused-ring (bicyclic) bond motifs is 2. The van der Waals surface area contributed by atoms with E-state index >= 15 is 0 Å². The van der Waals surface area contributed by atoms with Gasteiger partial charge < -0.3 is 14.5 Å². The predicted molar refractivity (Wildman–Crippen MR) is 131 cm³/mol. The minimum Gasteiger partial charge on any atom is -0.444 e. The van der Waals surface area contributed by atoms with Crippen LogP contribution in [0.5, 0.6) is 0 Å². The summed E-state index contributed by atoms with van der Waals surface area (Å²) in [4.78, 5) is 41.7. The average Bonchev–Trinajstić information content (AvgIpc) is 3.45. The number of anilines is 2. The standard InChI is InChI=1S/C26H36N6O3/c1-17-14-31(23(34)35-24(3,4)5)18(2)13-30(17)20-19-21(29-16-28-20)32(15-26(19)7-6-8-26)22(33)25(9-10-25)11-12-27/h16-18H,6-11,13-15H2,1-5H3/t17-,18+/m0/s1. The Labute approximate surface area is 207 Å². The van der Waals surface area contributed by atoms with E-state index in [1.807, 2.05) is 37.5 Å². The van der Waals surface area contributed by atoms with Gasteiger partial charge in [0, 0.05) is 49.1 Å². The maximum Gasteiger partial charge on any atom is 0.410 e. The van der Waals surface area contributed by atoms with E-state index in [1.165, 1.54) is 0 Å². The van der Waals surface area contributed by atoms with Crippen molar-refractivity contribution in [2.24, 2.45) is 5.41 Å². The molecular formula is C26H36N6O3. The summed E-state index contributed by atoms with van der Waals surface area (Å²) < 4.78 is 5.64. The van der Waals surface area contributed by atoms with Crippen molar-refractivity contribution in [3.05, 3.63) is 11.9 Å². The maximum atomic E-state index is 13.6. The Morgan fingerprint density at radius 2 is 1.80 bits per heavy atom. The number of carbonyl (C=O) groups is 2. The molecule has 2 aliphatic heterocycles. The van der Waals surface area contributed by atoms with Crippen molar-refractivity contribution in [3.8, 4) is 6.07 Å². The zero-order valence-electron chi connectivity index (χ0n) is 21.5. The molecule has 2 amide bonds. The smallest absolute Gasteiger partial charge is 0.410 e. The van der Waals surface area contributed by atoms with Gasteiger partial charge in [-0.05, 0) is 60.3 Å². The van der Waals surface area contributed by atoms with Crippen LogP contribution in [0.1, 0.15) is 78.7 Å². The van der Waals surface area contributed by atoms with Gasteiger partial charge in [0.25, 0.3) is 0 Å². The first-order chi connectivity index (χ1) is 16.5. The first kappa shape index (κ1) is 23.8. The van der Waals surface area contributed by atoms with E-state index < -0.39 is 11.0 Å². The van der Waals surface area contributed by atoms with Gasteiger partial charge in [0.15, 0.2) is 0 Å². The molecular weight excluding hydrogens is 444 g/mol. The minimum atomic E-state index is -0.540. The van der Waals surface area contributed by atoms with Crippen molar-refractivity contribution in [2.45, 2.75) is 96.2 Å². The van der Waals surface area contributed by atoms with Crippen molar-refractivity contribution in [3.63, 3.8) is 0 Å². The van der Waals surface area contributed by atoms with Gasteiger partial charge in [0.2, 0.25) is 5.91 Å². The third kappa shape index (κ3) is 3.91. The molecule has 1 aromatic rings. The second-order valence-electron chi connectivity index (χ2n) is 12.0. The summed E-state index contributed by atoms with van der Waals surface area (Å²) in [7, 11) is 0. The van der Waals surface area contributed by atoms with Crippen LogP contribution in [0.25, 0.3) is 0 Å². The number of amides is 2. The molecule has 0 radical (unpaired) electrons. The number of aromatic nitrogens is 2. The molecule has 0 aromatic carbocycles. The third-order valence-electron chi connectivity index (χ3n) is 8.22. The van der Waals surface area contributed by atoms with Crippen LogP contribution in [0.15, 0.2) is 6.33 Å². The SMILES string of the molecule is C[C@@H]1CN(c2ncnc3c2C2(CCC2)CN3C(=O)C2(CC#N)CC2)[C@@H](C)CN1C(=O)OC(C)(C)C. The lowest BCUT2D eigenvalue weighted by molar-refractivity contribution is -0.123. The Balaban J connectivity index is 1.45. The zero-order valence-corrected chi connectivity index (χ0v) is 21.5. The van der Waals surface area contributed by atoms with Crippen LogP contribution in [-0.4, -0.2) is 64.2 Å². The van der Waals surface area contributed by atoms with E-state index in [0.717, 1.165) is 49.3 Å². The highest BCUT2D eigenvalue weighted by Crippen LogP contribution is 2.58. The number of rotatable bonds is 3. The van der Waals surface area contributed by atoms with Gasteiger partial charge in [-0.3, -0.25) is 9.69 Å². The topological polar surface area (TPSA) is 103 Å². The Kier molecular flexibility index (Phi) is 5.50. The van der Waals surface area contributed by atoms with Gasteiger partial charge in [-0.1, -0.05) is 6.42 Å². The Morgan fingerprint density at radius 1 is 1.11 bits per heavy atom. The number of carbonyl (C=O) groups excluding carboxylic acids is 2. The van der Waals surface area contributed by atoms with Crippen LogP contribution in [0.4, 0.5) is 16.4 Å². The highest BCUT2D eigenvalue weighted by atomic mass is 16.6. The largest absolute Gasteiger partial charge is 0.444 e. The van der Waals surface area contributed by atoms with E-state index in [1.54, 1.807) is 6.33 Å². The molecule has 0 N–H and O–H groups in total. The fourth-order valence-corrected chi connectivity index (χ4v) is 5.95. The van der Waals surface area contributed by atoms with Crippen LogP contribution in [0.3, 0.4) is 0 Å². The first-order valence-electron chi connectivity index (χ1n) is 12.8. The van der Waals surface area contributed by atoms with Crippen molar-refractivity contribution in [1.29, 1.82) is 5.26 Å². The van der Waals surface area contributed by atoms with Crippen molar-refractivity contribution < 1.29 is 14.3 Å². The molecule has 9 heteroatoms. The molecule has 2 atom stereocenters. The summed E-state index contributed by atoms with van der Waals surface area (Å²) >= 11 is 0. The molecule has 35 heavy (non-hydrogen) atoms. The zero-order chi connectivity index (χ0) is 25.2. The lowest BCUT2D eigenvalue weighted by atomic mass is 9.66. The molecule has 0 unspecified atom stereocenters. The monoisotopic (exact) mass is 480 g/mol. The van der Waals surface area contributed by atoms with Crippen molar-refractivity contribution in [1.82, 2.24) is 14.9 Å². The molecule has 3 fully saturated rings. The predicted octanol–water partition coefficient (Wildman–Crippen LogP) is 3.77. The second kappa shape index (κ2) is 8.07. The minimum absolute atomic E-state index is 0.0351. The van der Waals surface area contributed by atoms with E-state index in [9.17, 15) is 14.9 Å². The Morgan fingerprint density at radius 3 is 2.37 bits per heavy atom. The Bertz CT molecular complexity index is 1080. The van der Waals surface area contributed by atoms with E-state index in [-0.39, 0.29) is 35.9 Å². The highest BCUT2D eigenvalue weighted by molar-refractivity contribution is 6.01. The second-order valence-corrected chi connectivity index (χ2v) is 12.0. The summed E-state index contributed by atoms with van der Waals surface area (Å²) in [6.45, 7) is 11.6. The molecule has 1 spiro atoms. The van der Waals surface area contributed by atoms with E-state index in [2.05, 4.69) is 22.9 Å². The van der Waals surface area contributed by atoms with Crippen LogP contribution in [0.2, 0.25) is 0 Å². The molecule has 2 saturated carbocycles. The van der Waals surface area contributed by atoms with E-state index in [4.69, 9.17) is 9.72 Å². The quantitative estimate of drug-likeness (QED) is 0.649. The van der Waals surface area contributed by atoms with Gasteiger partial charge >= 0.3 is 6.09 Å². The lowest BCUT2D eigenvalue weighted by Gasteiger charge is -2.46. The summed E-state index contributed by atoms with van der Waals surface area (Å²) in [5.74, 6) is 1.65. The Hall–Kier alpha value is -2.89. The average molecular weight is 481 g/mol. The molecule has 9 nitrogen and oxygen atoms in total. The number of nitrogens with zero attached hydrogens (tertiary/aromatic N) is 6. The summed E-state index contributed by atoms with van der Waals surface area (Å²) in [5, 5.41) is 9.29. The molecule has 2 aliphatic carbocycles. The number of hydrogen-bond acceptors (Lipinski definition) is 7. The molecule has 0 bridgehead atoms. The van der Waals surface area contributed by atoms with Gasteiger partial charge in [-0.15, -0.1) is 0 Å². The molecule has 4 aliphatic rings. The van der Waals surface area contributed by atoms with Gasteiger partial charge in [0.1, 0.15) is 23.6 Å². The molecule has 1 aromatic heterocycles. The first-order valence-corrected chi connectivity index (χ1v) is 12.8. The summed E-state index contributed by atoms with van der Waals surface area (Å²) in [6, 6.07) is 2.21. The highest BCUT2D eigenvalue weighted by Gasteiger charge is 2.58. The summed E-state index contributed by atoms with van der Waals surface area (Å²) in [5.41, 5.74) is -0.109. The normalized spacial score (nSPS) is 26.1. The lowest BCUT2D eigenvalue weighted by Crippen LogP contribution is -2.59. The van der Waals surface area contributed by atoms with Crippen molar-refractivity contribution in [2.75, 3.05) is 29.4 Å². The van der Waals surface area contributed by atoms with Crippen LogP contribution >= 0.6 is 0 Å². The van der Waals surface area contributed by atoms with Crippen LogP contribution in [-0.2, 0) is 14.9 Å². The maximum absolute atomic E-state index is 13.6. The van der Waals surface area contributed by atoms with Gasteiger partial charge in [0.05, 0.1) is 11.5 Å². The number of nitriles is 1. The van der Waals surface area contributed by atoms with Gasteiger partial charge in [-0.2, -0.15) is 5.26 Å². The number of piperazine rings is 1.